The van der Waals surface area contributed by atoms with Crippen LogP contribution < -0.4 is 10.6 Å². The van der Waals surface area contributed by atoms with E-state index >= 15 is 0 Å². The predicted molar refractivity (Wildman–Crippen MR) is 80.9 cm³/mol. The molecular formula is C15H24N2OS. The van der Waals surface area contributed by atoms with Crippen LogP contribution >= 0.6 is 11.3 Å². The van der Waals surface area contributed by atoms with Crippen molar-refractivity contribution in [3.05, 3.63) is 21.4 Å². The van der Waals surface area contributed by atoms with Gasteiger partial charge in [0, 0.05) is 17.5 Å². The minimum atomic E-state index is 0.0596. The van der Waals surface area contributed by atoms with Crippen LogP contribution in [0.15, 0.2) is 6.07 Å². The molecule has 0 radical (unpaired) electrons. The first-order valence-corrected chi connectivity index (χ1v) is 7.80. The first-order valence-electron chi connectivity index (χ1n) is 6.99. The van der Waals surface area contributed by atoms with Gasteiger partial charge in [-0.3, -0.25) is 4.79 Å². The van der Waals surface area contributed by atoms with Crippen molar-refractivity contribution < 1.29 is 4.79 Å². The third-order valence-electron chi connectivity index (χ3n) is 4.19. The number of aryl methyl sites for hydroxylation is 2. The monoisotopic (exact) mass is 280 g/mol. The van der Waals surface area contributed by atoms with Crippen LogP contribution in [0.4, 0.5) is 0 Å². The minimum absolute atomic E-state index is 0.0596. The molecule has 1 saturated heterocycles. The third-order valence-corrected chi connectivity index (χ3v) is 5.34. The van der Waals surface area contributed by atoms with Crippen LogP contribution in [0.3, 0.4) is 0 Å². The molecule has 2 heterocycles. The third kappa shape index (κ3) is 3.37. The van der Waals surface area contributed by atoms with Crippen LogP contribution in [-0.2, 0) is 0 Å². The number of carbonyl (C=O) groups excluding carboxylic acids is 1. The number of rotatable bonds is 3. The average molecular weight is 280 g/mol. The molecule has 1 atom stereocenters. The summed E-state index contributed by atoms with van der Waals surface area (Å²) in [5, 5.41) is 6.60. The summed E-state index contributed by atoms with van der Waals surface area (Å²) < 4.78 is 0. The Morgan fingerprint density at radius 2 is 2.26 bits per heavy atom. The molecule has 1 amide bonds. The van der Waals surface area contributed by atoms with Crippen molar-refractivity contribution in [3.8, 4) is 0 Å². The van der Waals surface area contributed by atoms with Gasteiger partial charge in [0.1, 0.15) is 0 Å². The molecule has 1 aliphatic heterocycles. The van der Waals surface area contributed by atoms with E-state index in [1.54, 1.807) is 11.3 Å². The Morgan fingerprint density at radius 1 is 1.53 bits per heavy atom. The van der Waals surface area contributed by atoms with E-state index < -0.39 is 0 Å². The van der Waals surface area contributed by atoms with Crippen molar-refractivity contribution in [2.45, 2.75) is 46.6 Å². The molecule has 0 bridgehead atoms. The molecule has 4 heteroatoms. The highest BCUT2D eigenvalue weighted by Crippen LogP contribution is 2.29. The fourth-order valence-electron chi connectivity index (χ4n) is 2.59. The number of nitrogens with one attached hydrogen (secondary N) is 2. The van der Waals surface area contributed by atoms with Crippen LogP contribution in [-0.4, -0.2) is 25.0 Å². The van der Waals surface area contributed by atoms with Crippen LogP contribution in [0.5, 0.6) is 0 Å². The summed E-state index contributed by atoms with van der Waals surface area (Å²) >= 11 is 1.58. The largest absolute Gasteiger partial charge is 0.350 e. The van der Waals surface area contributed by atoms with Crippen LogP contribution in [0.2, 0.25) is 0 Å². The van der Waals surface area contributed by atoms with Gasteiger partial charge in [0.15, 0.2) is 0 Å². The number of amides is 1. The highest BCUT2D eigenvalue weighted by molar-refractivity contribution is 7.14. The van der Waals surface area contributed by atoms with Crippen molar-refractivity contribution in [2.75, 3.05) is 13.1 Å². The Morgan fingerprint density at radius 3 is 2.84 bits per heavy atom. The van der Waals surface area contributed by atoms with Crippen molar-refractivity contribution in [1.29, 1.82) is 0 Å². The van der Waals surface area contributed by atoms with Gasteiger partial charge in [0.25, 0.3) is 5.91 Å². The molecular weight excluding hydrogens is 256 g/mol. The van der Waals surface area contributed by atoms with Crippen molar-refractivity contribution in [3.63, 3.8) is 0 Å². The highest BCUT2D eigenvalue weighted by Gasteiger charge is 2.32. The molecule has 1 aromatic rings. The quantitative estimate of drug-likeness (QED) is 0.894. The minimum Gasteiger partial charge on any atom is -0.350 e. The normalized spacial score (nSPS) is 22.2. The predicted octanol–water partition coefficient (Wildman–Crippen LogP) is 2.87. The zero-order valence-corrected chi connectivity index (χ0v) is 13.1. The molecule has 0 spiro atoms. The van der Waals surface area contributed by atoms with E-state index in [1.165, 1.54) is 23.3 Å². The van der Waals surface area contributed by atoms with Gasteiger partial charge in [0.05, 0.1) is 4.88 Å². The number of thiophene rings is 1. The zero-order chi connectivity index (χ0) is 14.0. The number of hydrogen-bond acceptors (Lipinski definition) is 3. The van der Waals surface area contributed by atoms with E-state index in [9.17, 15) is 4.79 Å². The second-order valence-corrected chi connectivity index (χ2v) is 7.42. The smallest absolute Gasteiger partial charge is 0.261 e. The van der Waals surface area contributed by atoms with Gasteiger partial charge < -0.3 is 10.6 Å². The number of hydrogen-bond donors (Lipinski definition) is 2. The summed E-state index contributed by atoms with van der Waals surface area (Å²) in [5.41, 5.74) is 1.46. The summed E-state index contributed by atoms with van der Waals surface area (Å²) in [6.45, 7) is 10.4. The van der Waals surface area contributed by atoms with Gasteiger partial charge in [-0.05, 0) is 50.3 Å². The lowest BCUT2D eigenvalue weighted by Gasteiger charge is -2.39. The maximum absolute atomic E-state index is 12.1. The first-order chi connectivity index (χ1) is 8.90. The Labute approximate surface area is 119 Å². The van der Waals surface area contributed by atoms with Gasteiger partial charge in [-0.1, -0.05) is 13.8 Å². The lowest BCUT2D eigenvalue weighted by Crippen LogP contribution is -2.52. The number of piperidine rings is 1. The van der Waals surface area contributed by atoms with Gasteiger partial charge in [-0.2, -0.15) is 0 Å². The average Bonchev–Trinajstić information content (AvgIpc) is 2.67. The topological polar surface area (TPSA) is 41.1 Å². The SMILES string of the molecule is Cc1cc(C(=O)NCC2NCCCC2(C)C)sc1C. The van der Waals surface area contributed by atoms with E-state index in [-0.39, 0.29) is 11.3 Å². The molecule has 106 valence electrons. The Balaban J connectivity index is 1.93. The molecule has 1 aliphatic rings. The maximum Gasteiger partial charge on any atom is 0.261 e. The first kappa shape index (κ1) is 14.5. The second-order valence-electron chi connectivity index (χ2n) is 6.16. The Bertz CT molecular complexity index is 445. The lowest BCUT2D eigenvalue weighted by molar-refractivity contribution is 0.0933. The maximum atomic E-state index is 12.1. The molecule has 1 aromatic heterocycles. The zero-order valence-electron chi connectivity index (χ0n) is 12.3. The van der Waals surface area contributed by atoms with Gasteiger partial charge in [-0.25, -0.2) is 0 Å². The van der Waals surface area contributed by atoms with Gasteiger partial charge >= 0.3 is 0 Å². The lowest BCUT2D eigenvalue weighted by atomic mass is 9.77. The van der Waals surface area contributed by atoms with Gasteiger partial charge in [0.2, 0.25) is 0 Å². The molecule has 2 rings (SSSR count). The second kappa shape index (κ2) is 5.63. The molecule has 0 aromatic carbocycles. The van der Waals surface area contributed by atoms with E-state index in [1.807, 2.05) is 6.07 Å². The van der Waals surface area contributed by atoms with E-state index in [4.69, 9.17) is 0 Å². The summed E-state index contributed by atoms with van der Waals surface area (Å²) in [6.07, 6.45) is 2.44. The van der Waals surface area contributed by atoms with Crippen LogP contribution in [0, 0.1) is 19.3 Å². The summed E-state index contributed by atoms with van der Waals surface area (Å²) in [7, 11) is 0. The molecule has 0 saturated carbocycles. The Hall–Kier alpha value is -0.870. The van der Waals surface area contributed by atoms with E-state index in [0.29, 0.717) is 12.6 Å². The molecule has 19 heavy (non-hydrogen) atoms. The van der Waals surface area contributed by atoms with E-state index in [0.717, 1.165) is 11.4 Å². The van der Waals surface area contributed by atoms with E-state index in [2.05, 4.69) is 38.3 Å². The highest BCUT2D eigenvalue weighted by atomic mass is 32.1. The van der Waals surface area contributed by atoms with Crippen molar-refractivity contribution in [1.82, 2.24) is 10.6 Å². The summed E-state index contributed by atoms with van der Waals surface area (Å²) in [5.74, 6) is 0.0596. The fraction of sp³-hybridized carbons (Fsp3) is 0.667. The molecule has 1 fully saturated rings. The molecule has 1 unspecified atom stereocenters. The Kier molecular flexibility index (Phi) is 4.31. The van der Waals surface area contributed by atoms with Crippen LogP contribution in [0.25, 0.3) is 0 Å². The van der Waals surface area contributed by atoms with Crippen molar-refractivity contribution >= 4 is 17.2 Å². The van der Waals surface area contributed by atoms with Crippen LogP contribution in [0.1, 0.15) is 46.8 Å². The summed E-state index contributed by atoms with van der Waals surface area (Å²) in [6, 6.07) is 2.35. The molecule has 3 nitrogen and oxygen atoms in total. The standard InChI is InChI=1S/C15H24N2OS/c1-10-8-12(19-11(10)2)14(18)17-9-13-15(3,4)6-5-7-16-13/h8,13,16H,5-7,9H2,1-4H3,(H,17,18). The molecule has 2 N–H and O–H groups in total. The number of carbonyl (C=O) groups is 1. The molecule has 0 aliphatic carbocycles. The van der Waals surface area contributed by atoms with Gasteiger partial charge in [-0.15, -0.1) is 11.3 Å². The summed E-state index contributed by atoms with van der Waals surface area (Å²) in [4.78, 5) is 14.2. The fourth-order valence-corrected chi connectivity index (χ4v) is 3.54. The van der Waals surface area contributed by atoms with Crippen molar-refractivity contribution in [2.24, 2.45) is 5.41 Å².